The molecule has 0 atom stereocenters. The molecule has 0 unspecified atom stereocenters. The second-order valence-corrected chi connectivity index (χ2v) is 7.78. The zero-order valence-corrected chi connectivity index (χ0v) is 16.2. The fraction of sp³-hybridized carbons (Fsp3) is 0.571. The maximum absolute atomic E-state index is 5.08. The molecule has 3 rings (SSSR count). The first-order chi connectivity index (χ1) is 11.8. The molecule has 0 N–H and O–H groups in total. The van der Waals surface area contributed by atoms with Gasteiger partial charge in [0, 0.05) is 30.3 Å². The maximum atomic E-state index is 5.08. The smallest absolute Gasteiger partial charge is 0.0932 e. The number of benzene rings is 1. The third kappa shape index (κ3) is 3.51. The number of hydrogen-bond donors (Lipinski definition) is 0. The van der Waals surface area contributed by atoms with Crippen LogP contribution in [-0.4, -0.2) is 18.1 Å². The minimum atomic E-state index is 0.662. The van der Waals surface area contributed by atoms with Crippen molar-refractivity contribution in [3.63, 3.8) is 0 Å². The Morgan fingerprint density at radius 1 is 1.04 bits per heavy atom. The van der Waals surface area contributed by atoms with Gasteiger partial charge in [-0.05, 0) is 39.2 Å². The average Bonchev–Trinajstić information content (AvgIpc) is 3.08. The molecule has 2 nitrogen and oxygen atoms in total. The van der Waals surface area contributed by atoms with Gasteiger partial charge in [0.25, 0.3) is 0 Å². The minimum absolute atomic E-state index is 0.662. The molecule has 24 heavy (non-hydrogen) atoms. The van der Waals surface area contributed by atoms with Crippen molar-refractivity contribution in [2.75, 3.05) is 18.0 Å². The van der Waals surface area contributed by atoms with Crippen LogP contribution in [0, 0.1) is 0 Å². The van der Waals surface area contributed by atoms with E-state index in [0.717, 1.165) is 19.5 Å². The van der Waals surface area contributed by atoms with Crippen molar-refractivity contribution in [3.8, 4) is 10.4 Å². The maximum Gasteiger partial charge on any atom is 0.0932 e. The van der Waals surface area contributed by atoms with Gasteiger partial charge < -0.3 is 4.90 Å². The van der Waals surface area contributed by atoms with Crippen molar-refractivity contribution in [2.24, 2.45) is 0 Å². The molecule has 1 aromatic carbocycles. The van der Waals surface area contributed by atoms with Crippen LogP contribution < -0.4 is 4.90 Å². The van der Waals surface area contributed by atoms with E-state index >= 15 is 0 Å². The van der Waals surface area contributed by atoms with Crippen LogP contribution in [0.1, 0.15) is 69.5 Å². The van der Waals surface area contributed by atoms with Gasteiger partial charge in [-0.2, -0.15) is 0 Å². The fourth-order valence-corrected chi connectivity index (χ4v) is 5.00. The first-order valence-corrected chi connectivity index (χ1v) is 10.4. The standard InChI is InChI=1S/C21H30N2S/c1-4-19-22-20(16-12-8-7-9-13-16)21(24-19)17-14-10-11-15-18(17)23(5-2)6-3/h10-11,14-16H,4-9,12-13H2,1-3H3. The van der Waals surface area contributed by atoms with Crippen LogP contribution >= 0.6 is 11.3 Å². The first-order valence-electron chi connectivity index (χ1n) is 9.62. The second kappa shape index (κ2) is 8.15. The SMILES string of the molecule is CCc1nc(C2CCCCC2)c(-c2ccccc2N(CC)CC)s1. The number of nitrogens with zero attached hydrogens (tertiary/aromatic N) is 2. The molecule has 1 heterocycles. The fourth-order valence-electron chi connectivity index (χ4n) is 3.88. The molecule has 1 aliphatic carbocycles. The lowest BCUT2D eigenvalue weighted by Crippen LogP contribution is -2.22. The topological polar surface area (TPSA) is 16.1 Å². The van der Waals surface area contributed by atoms with Gasteiger partial charge in [0.2, 0.25) is 0 Å². The predicted octanol–water partition coefficient (Wildman–Crippen LogP) is 6.27. The lowest BCUT2D eigenvalue weighted by molar-refractivity contribution is 0.438. The van der Waals surface area contributed by atoms with Crippen LogP contribution in [0.3, 0.4) is 0 Å². The molecule has 0 saturated heterocycles. The monoisotopic (exact) mass is 342 g/mol. The van der Waals surface area contributed by atoms with Crippen LogP contribution in [-0.2, 0) is 6.42 Å². The highest BCUT2D eigenvalue weighted by molar-refractivity contribution is 7.15. The molecule has 1 aliphatic rings. The second-order valence-electron chi connectivity index (χ2n) is 6.70. The Balaban J connectivity index is 2.07. The summed E-state index contributed by atoms with van der Waals surface area (Å²) >= 11 is 1.92. The lowest BCUT2D eigenvalue weighted by atomic mass is 9.85. The number of para-hydroxylation sites is 1. The molecule has 0 amide bonds. The lowest BCUT2D eigenvalue weighted by Gasteiger charge is -2.25. The summed E-state index contributed by atoms with van der Waals surface area (Å²) < 4.78 is 0. The van der Waals surface area contributed by atoms with E-state index in [1.165, 1.54) is 58.9 Å². The van der Waals surface area contributed by atoms with Crippen molar-refractivity contribution in [1.29, 1.82) is 0 Å². The molecular weight excluding hydrogens is 312 g/mol. The van der Waals surface area contributed by atoms with Gasteiger partial charge in [-0.1, -0.05) is 44.4 Å². The van der Waals surface area contributed by atoms with E-state index in [1.807, 2.05) is 11.3 Å². The zero-order valence-electron chi connectivity index (χ0n) is 15.3. The van der Waals surface area contributed by atoms with Crippen molar-refractivity contribution >= 4 is 17.0 Å². The predicted molar refractivity (Wildman–Crippen MR) is 106 cm³/mol. The Morgan fingerprint density at radius 2 is 1.75 bits per heavy atom. The molecule has 0 bridgehead atoms. The summed E-state index contributed by atoms with van der Waals surface area (Å²) in [7, 11) is 0. The van der Waals surface area contributed by atoms with E-state index in [2.05, 4.69) is 49.9 Å². The highest BCUT2D eigenvalue weighted by Gasteiger charge is 2.25. The number of aryl methyl sites for hydroxylation is 1. The van der Waals surface area contributed by atoms with Crippen LogP contribution in [0.2, 0.25) is 0 Å². The largest absolute Gasteiger partial charge is 0.372 e. The van der Waals surface area contributed by atoms with Crippen LogP contribution in [0.5, 0.6) is 0 Å². The average molecular weight is 343 g/mol. The van der Waals surface area contributed by atoms with Gasteiger partial charge in [0.15, 0.2) is 0 Å². The number of aromatic nitrogens is 1. The molecule has 1 fully saturated rings. The Bertz CT molecular complexity index is 652. The molecule has 0 radical (unpaired) electrons. The van der Waals surface area contributed by atoms with Gasteiger partial charge >= 0.3 is 0 Å². The number of anilines is 1. The molecule has 1 saturated carbocycles. The summed E-state index contributed by atoms with van der Waals surface area (Å²) in [5, 5.41) is 1.29. The summed E-state index contributed by atoms with van der Waals surface area (Å²) in [4.78, 5) is 8.98. The third-order valence-corrected chi connectivity index (χ3v) is 6.49. The number of thiazole rings is 1. The summed E-state index contributed by atoms with van der Waals surface area (Å²) in [5.41, 5.74) is 4.14. The Labute approximate surface area is 150 Å². The molecule has 0 aliphatic heterocycles. The van der Waals surface area contributed by atoms with E-state index < -0.39 is 0 Å². The van der Waals surface area contributed by atoms with Crippen LogP contribution in [0.4, 0.5) is 5.69 Å². The zero-order chi connectivity index (χ0) is 16.9. The minimum Gasteiger partial charge on any atom is -0.372 e. The van der Waals surface area contributed by atoms with Gasteiger partial charge in [0.05, 0.1) is 15.6 Å². The summed E-state index contributed by atoms with van der Waals surface area (Å²) in [6.07, 6.45) is 7.78. The Morgan fingerprint density at radius 3 is 2.42 bits per heavy atom. The summed E-state index contributed by atoms with van der Waals surface area (Å²) in [5.74, 6) is 0.662. The third-order valence-electron chi connectivity index (χ3n) is 5.24. The normalized spacial score (nSPS) is 15.6. The van der Waals surface area contributed by atoms with E-state index in [1.54, 1.807) is 0 Å². The Hall–Kier alpha value is -1.35. The van der Waals surface area contributed by atoms with E-state index in [0.29, 0.717) is 5.92 Å². The van der Waals surface area contributed by atoms with Crippen LogP contribution in [0.15, 0.2) is 24.3 Å². The number of rotatable bonds is 6. The molecular formula is C21H30N2S. The van der Waals surface area contributed by atoms with Crippen molar-refractivity contribution < 1.29 is 0 Å². The Kier molecular flexibility index (Phi) is 5.94. The first kappa shape index (κ1) is 17.5. The van der Waals surface area contributed by atoms with Crippen molar-refractivity contribution in [1.82, 2.24) is 4.98 Å². The quantitative estimate of drug-likeness (QED) is 0.615. The van der Waals surface area contributed by atoms with Gasteiger partial charge in [0.1, 0.15) is 0 Å². The van der Waals surface area contributed by atoms with Gasteiger partial charge in [-0.25, -0.2) is 4.98 Å². The van der Waals surface area contributed by atoms with E-state index in [4.69, 9.17) is 4.98 Å². The van der Waals surface area contributed by atoms with Crippen molar-refractivity contribution in [3.05, 3.63) is 35.0 Å². The van der Waals surface area contributed by atoms with Gasteiger partial charge in [-0.15, -0.1) is 11.3 Å². The summed E-state index contributed by atoms with van der Waals surface area (Å²) in [6.45, 7) is 8.81. The molecule has 130 valence electrons. The van der Waals surface area contributed by atoms with E-state index in [-0.39, 0.29) is 0 Å². The molecule has 0 spiro atoms. The van der Waals surface area contributed by atoms with Crippen LogP contribution in [0.25, 0.3) is 10.4 Å². The molecule has 3 heteroatoms. The van der Waals surface area contributed by atoms with E-state index in [9.17, 15) is 0 Å². The van der Waals surface area contributed by atoms with Gasteiger partial charge in [-0.3, -0.25) is 0 Å². The molecule has 1 aromatic heterocycles. The number of hydrogen-bond acceptors (Lipinski definition) is 3. The highest BCUT2D eigenvalue weighted by Crippen LogP contribution is 2.43. The highest BCUT2D eigenvalue weighted by atomic mass is 32.1. The summed E-state index contributed by atoms with van der Waals surface area (Å²) in [6, 6.07) is 8.92. The molecule has 2 aromatic rings. The van der Waals surface area contributed by atoms with Crippen molar-refractivity contribution in [2.45, 2.75) is 65.2 Å².